The summed E-state index contributed by atoms with van der Waals surface area (Å²) in [6, 6.07) is 14.9. The SMILES string of the molecule is O=C(NC(Cc1ccccc1)C(=O)NC1CC1)c1ccc(COCC(F)(F)F)cc1. The molecule has 1 unspecified atom stereocenters. The number of hydrogen-bond acceptors (Lipinski definition) is 3. The Labute approximate surface area is 172 Å². The first-order valence-corrected chi connectivity index (χ1v) is 9.69. The number of alkyl halides is 3. The highest BCUT2D eigenvalue weighted by molar-refractivity contribution is 5.97. The van der Waals surface area contributed by atoms with E-state index in [2.05, 4.69) is 15.4 Å². The molecule has 0 aliphatic heterocycles. The molecule has 1 aliphatic rings. The maximum absolute atomic E-state index is 12.6. The highest BCUT2D eigenvalue weighted by Gasteiger charge is 2.29. The number of halogens is 3. The van der Waals surface area contributed by atoms with Gasteiger partial charge in [0, 0.05) is 18.0 Å². The molecule has 1 aliphatic carbocycles. The lowest BCUT2D eigenvalue weighted by atomic mass is 10.0. The molecule has 0 aromatic heterocycles. The maximum atomic E-state index is 12.6. The van der Waals surface area contributed by atoms with E-state index in [0.29, 0.717) is 17.5 Å². The average molecular weight is 420 g/mol. The number of benzene rings is 2. The van der Waals surface area contributed by atoms with Gasteiger partial charge in [0.2, 0.25) is 5.91 Å². The van der Waals surface area contributed by atoms with Crippen molar-refractivity contribution in [2.45, 2.75) is 44.1 Å². The molecule has 8 heteroatoms. The van der Waals surface area contributed by atoms with E-state index in [-0.39, 0.29) is 18.6 Å². The van der Waals surface area contributed by atoms with Crippen molar-refractivity contribution in [1.82, 2.24) is 10.6 Å². The van der Waals surface area contributed by atoms with Crippen LogP contribution in [0.1, 0.15) is 34.3 Å². The van der Waals surface area contributed by atoms with Crippen molar-refractivity contribution in [2.24, 2.45) is 0 Å². The molecule has 5 nitrogen and oxygen atoms in total. The van der Waals surface area contributed by atoms with Gasteiger partial charge in [-0.1, -0.05) is 42.5 Å². The number of carbonyl (C=O) groups excluding carboxylic acids is 2. The summed E-state index contributed by atoms with van der Waals surface area (Å²) in [5, 5.41) is 5.68. The fourth-order valence-corrected chi connectivity index (χ4v) is 2.87. The number of amides is 2. The monoisotopic (exact) mass is 420 g/mol. The van der Waals surface area contributed by atoms with Crippen LogP contribution in [0.3, 0.4) is 0 Å². The Morgan fingerprint density at radius 3 is 2.27 bits per heavy atom. The van der Waals surface area contributed by atoms with E-state index >= 15 is 0 Å². The number of carbonyl (C=O) groups is 2. The molecule has 1 fully saturated rings. The molecule has 0 radical (unpaired) electrons. The maximum Gasteiger partial charge on any atom is 0.411 e. The highest BCUT2D eigenvalue weighted by Crippen LogP contribution is 2.19. The van der Waals surface area contributed by atoms with Gasteiger partial charge in [0.15, 0.2) is 0 Å². The van der Waals surface area contributed by atoms with Crippen molar-refractivity contribution in [2.75, 3.05) is 6.61 Å². The Hall–Kier alpha value is -2.87. The molecule has 0 saturated heterocycles. The van der Waals surface area contributed by atoms with Crippen LogP contribution < -0.4 is 10.6 Å². The predicted molar refractivity (Wildman–Crippen MR) is 105 cm³/mol. The third-order valence-corrected chi connectivity index (χ3v) is 4.58. The Kier molecular flexibility index (Phi) is 7.10. The smallest absolute Gasteiger partial charge is 0.367 e. The fraction of sp³-hybridized carbons (Fsp3) is 0.364. The van der Waals surface area contributed by atoms with Gasteiger partial charge >= 0.3 is 6.18 Å². The first-order valence-electron chi connectivity index (χ1n) is 9.69. The summed E-state index contributed by atoms with van der Waals surface area (Å²) >= 11 is 0. The summed E-state index contributed by atoms with van der Waals surface area (Å²) in [6.45, 7) is -1.53. The van der Waals surface area contributed by atoms with Crippen molar-refractivity contribution < 1.29 is 27.5 Å². The van der Waals surface area contributed by atoms with Crippen LogP contribution in [0.4, 0.5) is 13.2 Å². The second-order valence-corrected chi connectivity index (χ2v) is 7.30. The Balaban J connectivity index is 1.60. The van der Waals surface area contributed by atoms with Crippen LogP contribution in [0.25, 0.3) is 0 Å². The first kappa shape index (κ1) is 21.8. The molecule has 2 aromatic rings. The standard InChI is InChI=1S/C22H23F3N2O3/c23-22(24,25)14-30-13-16-6-8-17(9-7-16)20(28)27-19(21(29)26-18-10-11-18)12-15-4-2-1-3-5-15/h1-9,18-19H,10-14H2,(H,26,29)(H,27,28). The van der Waals surface area contributed by atoms with Gasteiger partial charge in [-0.15, -0.1) is 0 Å². The number of ether oxygens (including phenoxy) is 1. The van der Waals surface area contributed by atoms with E-state index < -0.39 is 24.7 Å². The molecular formula is C22H23F3N2O3. The van der Waals surface area contributed by atoms with Crippen LogP contribution in [-0.4, -0.2) is 36.7 Å². The van der Waals surface area contributed by atoms with Crippen LogP contribution in [0, 0.1) is 0 Å². The lowest BCUT2D eigenvalue weighted by molar-refractivity contribution is -0.176. The van der Waals surface area contributed by atoms with E-state index in [1.807, 2.05) is 30.3 Å². The summed E-state index contributed by atoms with van der Waals surface area (Å²) in [4.78, 5) is 25.2. The van der Waals surface area contributed by atoms with Crippen molar-refractivity contribution in [3.8, 4) is 0 Å². The normalized spacial score (nSPS) is 14.8. The van der Waals surface area contributed by atoms with Gasteiger partial charge in [-0.2, -0.15) is 13.2 Å². The minimum Gasteiger partial charge on any atom is -0.367 e. The van der Waals surface area contributed by atoms with E-state index in [0.717, 1.165) is 18.4 Å². The molecule has 2 amide bonds. The summed E-state index contributed by atoms with van der Waals surface area (Å²) in [5.41, 5.74) is 1.75. The summed E-state index contributed by atoms with van der Waals surface area (Å²) in [6.07, 6.45) is -2.14. The first-order chi connectivity index (χ1) is 14.3. The third-order valence-electron chi connectivity index (χ3n) is 4.58. The van der Waals surface area contributed by atoms with Gasteiger partial charge in [0.05, 0.1) is 6.61 Å². The molecule has 1 atom stereocenters. The van der Waals surface area contributed by atoms with Gasteiger partial charge in [-0.3, -0.25) is 9.59 Å². The summed E-state index contributed by atoms with van der Waals surface area (Å²) < 4.78 is 41.0. The van der Waals surface area contributed by atoms with Crippen LogP contribution in [0.2, 0.25) is 0 Å². The summed E-state index contributed by atoms with van der Waals surface area (Å²) in [7, 11) is 0. The van der Waals surface area contributed by atoms with Crippen molar-refractivity contribution in [1.29, 1.82) is 0 Å². The molecule has 1 saturated carbocycles. The zero-order valence-corrected chi connectivity index (χ0v) is 16.2. The minimum absolute atomic E-state index is 0.170. The molecule has 0 heterocycles. The molecular weight excluding hydrogens is 397 g/mol. The van der Waals surface area contributed by atoms with Crippen LogP contribution >= 0.6 is 0 Å². The van der Waals surface area contributed by atoms with Gasteiger partial charge < -0.3 is 15.4 Å². The third kappa shape index (κ3) is 7.18. The van der Waals surface area contributed by atoms with Crippen molar-refractivity contribution >= 4 is 11.8 Å². The number of rotatable bonds is 9. The minimum atomic E-state index is -4.38. The molecule has 0 spiro atoms. The second-order valence-electron chi connectivity index (χ2n) is 7.30. The van der Waals surface area contributed by atoms with Crippen molar-refractivity contribution in [3.05, 3.63) is 71.3 Å². The number of nitrogens with one attached hydrogen (secondary N) is 2. The quantitative estimate of drug-likeness (QED) is 0.654. The summed E-state index contributed by atoms with van der Waals surface area (Å²) in [5.74, 6) is -0.656. The topological polar surface area (TPSA) is 67.4 Å². The Morgan fingerprint density at radius 1 is 1.00 bits per heavy atom. The Bertz CT molecular complexity index is 850. The van der Waals surface area contributed by atoms with E-state index in [4.69, 9.17) is 0 Å². The van der Waals surface area contributed by atoms with E-state index in [1.54, 1.807) is 0 Å². The lowest BCUT2D eigenvalue weighted by Crippen LogP contribution is -2.48. The van der Waals surface area contributed by atoms with E-state index in [9.17, 15) is 22.8 Å². The average Bonchev–Trinajstić information content (AvgIpc) is 3.52. The Morgan fingerprint density at radius 2 is 1.67 bits per heavy atom. The van der Waals surface area contributed by atoms with Crippen LogP contribution in [0.15, 0.2) is 54.6 Å². The molecule has 2 N–H and O–H groups in total. The molecule has 160 valence electrons. The van der Waals surface area contributed by atoms with Gasteiger partial charge in [-0.25, -0.2) is 0 Å². The molecule has 30 heavy (non-hydrogen) atoms. The van der Waals surface area contributed by atoms with Gasteiger partial charge in [-0.05, 0) is 36.1 Å². The van der Waals surface area contributed by atoms with Crippen molar-refractivity contribution in [3.63, 3.8) is 0 Å². The largest absolute Gasteiger partial charge is 0.411 e. The zero-order valence-electron chi connectivity index (χ0n) is 16.2. The van der Waals surface area contributed by atoms with Gasteiger partial charge in [0.1, 0.15) is 12.6 Å². The van der Waals surface area contributed by atoms with Gasteiger partial charge in [0.25, 0.3) is 5.91 Å². The lowest BCUT2D eigenvalue weighted by Gasteiger charge is -2.19. The predicted octanol–water partition coefficient (Wildman–Crippen LogP) is 3.39. The molecule has 2 aromatic carbocycles. The van der Waals surface area contributed by atoms with Crippen LogP contribution in [-0.2, 0) is 22.6 Å². The van der Waals surface area contributed by atoms with Crippen LogP contribution in [0.5, 0.6) is 0 Å². The second kappa shape index (κ2) is 9.75. The highest BCUT2D eigenvalue weighted by atomic mass is 19.4. The zero-order chi connectivity index (χ0) is 21.6. The van der Waals surface area contributed by atoms with E-state index in [1.165, 1.54) is 24.3 Å². The molecule has 3 rings (SSSR count). The molecule has 0 bridgehead atoms. The fourth-order valence-electron chi connectivity index (χ4n) is 2.87. The number of hydrogen-bond donors (Lipinski definition) is 2.